The van der Waals surface area contributed by atoms with Crippen LogP contribution in [0.4, 0.5) is 11.5 Å². The molecular formula is C49H62N10O7S. The number of phenols is 1. The van der Waals surface area contributed by atoms with Gasteiger partial charge in [-0.15, -0.1) is 21.5 Å². The molecule has 8 rings (SSSR count). The van der Waals surface area contributed by atoms with E-state index < -0.39 is 18.1 Å². The predicted octanol–water partition coefficient (Wildman–Crippen LogP) is 5.72. The smallest absolute Gasteiger partial charge is 0.254 e. The second-order valence-electron chi connectivity index (χ2n) is 18.3. The van der Waals surface area contributed by atoms with Crippen molar-refractivity contribution in [2.45, 2.75) is 84.0 Å². The highest BCUT2D eigenvalue weighted by Crippen LogP contribution is 2.36. The van der Waals surface area contributed by atoms with Gasteiger partial charge in [0.1, 0.15) is 24.3 Å². The summed E-state index contributed by atoms with van der Waals surface area (Å²) >= 11 is 1.59. The van der Waals surface area contributed by atoms with Crippen molar-refractivity contribution in [2.75, 3.05) is 69.7 Å². The van der Waals surface area contributed by atoms with Gasteiger partial charge in [0.25, 0.3) is 5.88 Å². The maximum absolute atomic E-state index is 14.2. The molecule has 5 aromatic rings. The van der Waals surface area contributed by atoms with E-state index in [0.717, 1.165) is 53.3 Å². The molecule has 0 unspecified atom stereocenters. The Morgan fingerprint density at radius 2 is 1.75 bits per heavy atom. The molecule has 3 aromatic heterocycles. The van der Waals surface area contributed by atoms with Gasteiger partial charge in [-0.3, -0.25) is 19.3 Å². The number of piperazine rings is 1. The topological polar surface area (TPSA) is 203 Å². The molecule has 5 atom stereocenters. The second kappa shape index (κ2) is 20.8. The van der Waals surface area contributed by atoms with Crippen molar-refractivity contribution in [2.24, 2.45) is 11.8 Å². The summed E-state index contributed by atoms with van der Waals surface area (Å²) in [6.45, 7) is 14.2. The minimum Gasteiger partial charge on any atom is -0.507 e. The zero-order valence-corrected chi connectivity index (χ0v) is 39.9. The molecule has 0 bridgehead atoms. The van der Waals surface area contributed by atoms with Crippen LogP contribution >= 0.6 is 11.3 Å². The van der Waals surface area contributed by atoms with Crippen LogP contribution in [0.1, 0.15) is 75.9 Å². The number of para-hydroxylation sites is 1. The summed E-state index contributed by atoms with van der Waals surface area (Å²) in [5.74, 6) is -0.0374. The van der Waals surface area contributed by atoms with E-state index in [1.807, 2.05) is 87.6 Å². The van der Waals surface area contributed by atoms with Gasteiger partial charge >= 0.3 is 0 Å². The zero-order chi connectivity index (χ0) is 47.4. The first-order valence-corrected chi connectivity index (χ1v) is 24.2. The van der Waals surface area contributed by atoms with Gasteiger partial charge in [-0.05, 0) is 87.1 Å². The maximum Gasteiger partial charge on any atom is 0.254 e. The molecule has 2 aromatic carbocycles. The first kappa shape index (κ1) is 47.4. The lowest BCUT2D eigenvalue weighted by atomic mass is 9.91. The van der Waals surface area contributed by atoms with E-state index in [1.165, 1.54) is 4.90 Å². The van der Waals surface area contributed by atoms with Gasteiger partial charge in [-0.25, -0.2) is 4.98 Å². The monoisotopic (exact) mass is 934 g/mol. The molecule has 0 aliphatic carbocycles. The molecular weight excluding hydrogens is 873 g/mol. The first-order chi connectivity index (χ1) is 32.3. The molecule has 6 heterocycles. The number of anilines is 2. The zero-order valence-electron chi connectivity index (χ0n) is 39.1. The number of piperidine rings is 1. The van der Waals surface area contributed by atoms with E-state index in [-0.39, 0.29) is 66.2 Å². The Morgan fingerprint density at radius 3 is 2.43 bits per heavy atom. The number of hydrogen-bond acceptors (Lipinski definition) is 15. The average Bonchev–Trinajstić information content (AvgIpc) is 4.09. The molecule has 18 heteroatoms. The van der Waals surface area contributed by atoms with Crippen molar-refractivity contribution in [3.63, 3.8) is 0 Å². The predicted molar refractivity (Wildman–Crippen MR) is 256 cm³/mol. The summed E-state index contributed by atoms with van der Waals surface area (Å²) in [5.41, 5.74) is 6.86. The van der Waals surface area contributed by atoms with Crippen molar-refractivity contribution in [1.29, 1.82) is 0 Å². The summed E-state index contributed by atoms with van der Waals surface area (Å²) in [7, 11) is 1.81. The average molecular weight is 935 g/mol. The van der Waals surface area contributed by atoms with Crippen LogP contribution in [-0.4, -0.2) is 141 Å². The van der Waals surface area contributed by atoms with Crippen molar-refractivity contribution in [3.8, 4) is 33.3 Å². The van der Waals surface area contributed by atoms with E-state index in [1.54, 1.807) is 29.5 Å². The van der Waals surface area contributed by atoms with Gasteiger partial charge in [0.15, 0.2) is 11.6 Å². The Kier molecular flexibility index (Phi) is 14.7. The van der Waals surface area contributed by atoms with E-state index >= 15 is 0 Å². The summed E-state index contributed by atoms with van der Waals surface area (Å²) in [4.78, 5) is 55.2. The van der Waals surface area contributed by atoms with E-state index in [9.17, 15) is 24.6 Å². The number of nitrogens with zero attached hydrogens (tertiary/aromatic N) is 8. The molecule has 356 valence electrons. The number of aromatic nitrogens is 4. The highest BCUT2D eigenvalue weighted by atomic mass is 32.1. The molecule has 3 aliphatic heterocycles. The Balaban J connectivity index is 0.798. The number of rotatable bonds is 15. The van der Waals surface area contributed by atoms with Gasteiger partial charge < -0.3 is 44.8 Å². The maximum atomic E-state index is 14.2. The third-order valence-corrected chi connectivity index (χ3v) is 14.4. The highest BCUT2D eigenvalue weighted by molar-refractivity contribution is 7.13. The van der Waals surface area contributed by atoms with Gasteiger partial charge in [0, 0.05) is 69.8 Å². The number of likely N-dealkylation sites (tertiary alicyclic amines) is 2. The summed E-state index contributed by atoms with van der Waals surface area (Å²) in [5, 5.41) is 40.3. The number of β-amino-alcohol motifs (C(OH)–C–C–N with tert-alkyl or cyclic N) is 1. The number of aliphatic hydroxyl groups is 1. The number of carbonyl (C=O) groups is 3. The first-order valence-electron chi connectivity index (χ1n) is 23.3. The summed E-state index contributed by atoms with van der Waals surface area (Å²) in [6.07, 6.45) is 0.813. The fourth-order valence-corrected chi connectivity index (χ4v) is 10.5. The van der Waals surface area contributed by atoms with Gasteiger partial charge in [0.2, 0.25) is 17.7 Å². The number of ether oxygens (including phenoxy) is 1. The fourth-order valence-electron chi connectivity index (χ4n) is 9.66. The Hall–Kier alpha value is -6.11. The number of aliphatic hydroxyl groups excluding tert-OH is 1. The van der Waals surface area contributed by atoms with Crippen molar-refractivity contribution in [1.82, 2.24) is 40.4 Å². The molecule has 67 heavy (non-hydrogen) atoms. The van der Waals surface area contributed by atoms with Gasteiger partial charge in [-0.2, -0.15) is 0 Å². The second-order valence-corrected chi connectivity index (χ2v) is 19.2. The number of benzene rings is 2. The quantitative estimate of drug-likeness (QED) is 0.0993. The number of hydrogen-bond donors (Lipinski definition) is 4. The van der Waals surface area contributed by atoms with Crippen LogP contribution in [0.3, 0.4) is 0 Å². The molecule has 0 saturated carbocycles. The number of nitrogens with one attached hydrogen (secondary N) is 2. The number of carbonyl (C=O) groups excluding carboxylic acids is 3. The van der Waals surface area contributed by atoms with Crippen LogP contribution < -0.4 is 20.3 Å². The van der Waals surface area contributed by atoms with E-state index in [4.69, 9.17) is 9.26 Å². The molecule has 3 fully saturated rings. The van der Waals surface area contributed by atoms with Crippen molar-refractivity contribution >= 4 is 40.6 Å². The summed E-state index contributed by atoms with van der Waals surface area (Å²) in [6, 6.07) is 17.6. The molecule has 0 radical (unpaired) electrons. The molecule has 3 saturated heterocycles. The molecule has 3 amide bonds. The standard InChI is InChI=1S/C49H62N10O7S/c1-29(2)44(49(64)59-27-36(60)23-40(59)47(62)52-31(4)33-11-13-34(14-12-33)45-32(5)51-28-67-45)42-25-43(55-66-42)65-22-21-56-17-15-35(16-18-56)48(63)57-19-20-58(30(3)26-57)39-24-38(53-54-46(39)50-6)37-9-7-8-10-41(37)61/h7-14,24-25,28-31,35-36,40,44,60-61H,15-23,26-27H2,1-6H3,(H,50,54)(H,52,62)/t30-,31-,36+,40-,44+/m0/s1. The molecule has 4 N–H and O–H groups in total. The van der Waals surface area contributed by atoms with Crippen LogP contribution in [0.25, 0.3) is 21.7 Å². The van der Waals surface area contributed by atoms with Crippen molar-refractivity contribution < 1.29 is 33.9 Å². The van der Waals surface area contributed by atoms with Crippen LogP contribution in [0.2, 0.25) is 0 Å². The lowest BCUT2D eigenvalue weighted by molar-refractivity contribution is -0.141. The minimum absolute atomic E-state index is 0.0368. The number of phenolic OH excluding ortho intramolecular Hbond substituents is 1. The van der Waals surface area contributed by atoms with Crippen LogP contribution in [0.5, 0.6) is 11.6 Å². The number of thiazole rings is 1. The van der Waals surface area contributed by atoms with E-state index in [2.05, 4.69) is 47.7 Å². The largest absolute Gasteiger partial charge is 0.507 e. The van der Waals surface area contributed by atoms with Crippen LogP contribution in [-0.2, 0) is 14.4 Å². The van der Waals surface area contributed by atoms with Crippen LogP contribution in [0.15, 0.2) is 70.7 Å². The number of aromatic hydroxyl groups is 1. The SMILES string of the molecule is CNc1nnc(-c2ccccc2O)cc1N1CCN(C(=O)C2CCN(CCOc3cc([C@H](C(=O)N4C[C@H](O)C[C@H]4C(=O)N[C@@H](C)c4ccc(-c5scnc5C)cc4)C(C)C)on3)CC2)C[C@@H]1C. The highest BCUT2D eigenvalue weighted by Gasteiger charge is 2.44. The van der Waals surface area contributed by atoms with E-state index in [0.29, 0.717) is 55.6 Å². The molecule has 0 spiro atoms. The Morgan fingerprint density at radius 1 is 0.985 bits per heavy atom. The number of aryl methyl sites for hydroxylation is 1. The lowest BCUT2D eigenvalue weighted by Gasteiger charge is -2.43. The normalized spacial score (nSPS) is 20.2. The van der Waals surface area contributed by atoms with Gasteiger partial charge in [0.05, 0.1) is 39.6 Å². The lowest BCUT2D eigenvalue weighted by Crippen LogP contribution is -2.55. The number of amides is 3. The van der Waals surface area contributed by atoms with Crippen molar-refractivity contribution in [3.05, 3.63) is 83.2 Å². The third-order valence-electron chi connectivity index (χ3n) is 13.4. The third kappa shape index (κ3) is 10.6. The van der Waals surface area contributed by atoms with Gasteiger partial charge in [-0.1, -0.05) is 50.2 Å². The molecule has 3 aliphatic rings. The minimum atomic E-state index is -0.842. The van der Waals surface area contributed by atoms with Crippen LogP contribution in [0, 0.1) is 18.8 Å². The Labute approximate surface area is 395 Å². The Bertz CT molecular complexity index is 2510. The fraction of sp³-hybridized carbons (Fsp3) is 0.490. The summed E-state index contributed by atoms with van der Waals surface area (Å²) < 4.78 is 11.7. The molecule has 17 nitrogen and oxygen atoms in total.